The van der Waals surface area contributed by atoms with Crippen LogP contribution in [0.2, 0.25) is 0 Å². The highest BCUT2D eigenvalue weighted by atomic mass is 35.5. The molecule has 0 saturated heterocycles. The lowest BCUT2D eigenvalue weighted by Crippen LogP contribution is -2.31. The van der Waals surface area contributed by atoms with Crippen LogP contribution < -0.4 is 11.1 Å². The number of rotatable bonds is 5. The fourth-order valence-corrected chi connectivity index (χ4v) is 2.25. The second-order valence-electron chi connectivity index (χ2n) is 5.30. The van der Waals surface area contributed by atoms with Crippen LogP contribution in [0, 0.1) is 19.8 Å². The number of hydrogen-bond donors (Lipinski definition) is 2. The predicted octanol–water partition coefficient (Wildman–Crippen LogP) is 2.43. The molecule has 0 fully saturated rings. The molecule has 0 radical (unpaired) electrons. The van der Waals surface area contributed by atoms with E-state index in [4.69, 9.17) is 5.73 Å². The van der Waals surface area contributed by atoms with Gasteiger partial charge in [0.1, 0.15) is 0 Å². The first-order valence-corrected chi connectivity index (χ1v) is 6.55. The van der Waals surface area contributed by atoms with Gasteiger partial charge < -0.3 is 15.6 Å². The molecule has 0 spiro atoms. The maximum Gasteiger partial charge on any atom is 0.253 e. The van der Waals surface area contributed by atoms with Crippen LogP contribution >= 0.6 is 12.4 Å². The number of aryl methyl sites for hydroxylation is 1. The monoisotopic (exact) mass is 287 g/mol. The molecule has 1 heterocycles. The summed E-state index contributed by atoms with van der Waals surface area (Å²) in [6.45, 7) is 11.5. The zero-order valence-electron chi connectivity index (χ0n) is 12.5. The van der Waals surface area contributed by atoms with Crippen molar-refractivity contribution in [2.45, 2.75) is 40.7 Å². The minimum Gasteiger partial charge on any atom is -0.352 e. The maximum atomic E-state index is 12.1. The Kier molecular flexibility index (Phi) is 7.16. The number of nitrogens with two attached hydrogens (primary N) is 1. The quantitative estimate of drug-likeness (QED) is 0.874. The number of aromatic nitrogens is 1. The molecular formula is C14H26ClN3O. The van der Waals surface area contributed by atoms with Crippen LogP contribution in [-0.4, -0.2) is 23.6 Å². The Balaban J connectivity index is 0.00000324. The Morgan fingerprint density at radius 3 is 2.37 bits per heavy atom. The minimum absolute atomic E-state index is 0. The standard InChI is InChI=1S/C14H25N3O.ClH/c1-9(2)17-11(4)6-13(12(17)5)14(18)16-8-10(3)7-15;/h6,9-10H,7-8,15H2,1-5H3,(H,16,18);1H. The average Bonchev–Trinajstić information content (AvgIpc) is 2.61. The van der Waals surface area contributed by atoms with Crippen molar-refractivity contribution in [3.63, 3.8) is 0 Å². The lowest BCUT2D eigenvalue weighted by Gasteiger charge is -2.14. The van der Waals surface area contributed by atoms with Crippen molar-refractivity contribution in [1.29, 1.82) is 0 Å². The molecule has 0 aliphatic carbocycles. The highest BCUT2D eigenvalue weighted by molar-refractivity contribution is 5.95. The summed E-state index contributed by atoms with van der Waals surface area (Å²) in [4.78, 5) is 12.1. The van der Waals surface area contributed by atoms with Gasteiger partial charge in [-0.3, -0.25) is 4.79 Å². The molecule has 1 aromatic heterocycles. The van der Waals surface area contributed by atoms with Gasteiger partial charge in [0.05, 0.1) is 5.56 Å². The highest BCUT2D eigenvalue weighted by Gasteiger charge is 2.17. The van der Waals surface area contributed by atoms with Gasteiger partial charge in [0.25, 0.3) is 5.91 Å². The number of nitrogens with one attached hydrogen (secondary N) is 1. The number of carbonyl (C=O) groups is 1. The molecule has 1 amide bonds. The van der Waals surface area contributed by atoms with Gasteiger partial charge in [-0.25, -0.2) is 0 Å². The van der Waals surface area contributed by atoms with Crippen LogP contribution in [0.15, 0.2) is 6.07 Å². The van der Waals surface area contributed by atoms with Crippen molar-refractivity contribution >= 4 is 18.3 Å². The first-order valence-electron chi connectivity index (χ1n) is 6.55. The molecule has 0 aliphatic heterocycles. The molecule has 1 unspecified atom stereocenters. The summed E-state index contributed by atoms with van der Waals surface area (Å²) in [6.07, 6.45) is 0. The molecule has 5 heteroatoms. The Bertz CT molecular complexity index is 427. The molecule has 1 rings (SSSR count). The van der Waals surface area contributed by atoms with E-state index in [0.29, 0.717) is 25.0 Å². The van der Waals surface area contributed by atoms with Crippen molar-refractivity contribution in [3.05, 3.63) is 23.0 Å². The van der Waals surface area contributed by atoms with Crippen molar-refractivity contribution < 1.29 is 4.79 Å². The Morgan fingerprint density at radius 2 is 1.95 bits per heavy atom. The second-order valence-corrected chi connectivity index (χ2v) is 5.30. The fourth-order valence-electron chi connectivity index (χ4n) is 2.25. The minimum atomic E-state index is -0.00435. The Morgan fingerprint density at radius 1 is 1.37 bits per heavy atom. The lowest BCUT2D eigenvalue weighted by molar-refractivity contribution is 0.0948. The smallest absolute Gasteiger partial charge is 0.253 e. The van der Waals surface area contributed by atoms with Crippen molar-refractivity contribution in [3.8, 4) is 0 Å². The molecule has 1 atom stereocenters. The first kappa shape index (κ1) is 18.0. The van der Waals surface area contributed by atoms with Crippen molar-refractivity contribution in [2.24, 2.45) is 11.7 Å². The van der Waals surface area contributed by atoms with Crippen LogP contribution in [0.25, 0.3) is 0 Å². The second kappa shape index (κ2) is 7.56. The number of hydrogen-bond acceptors (Lipinski definition) is 2. The molecular weight excluding hydrogens is 262 g/mol. The van der Waals surface area contributed by atoms with Gasteiger partial charge in [-0.15, -0.1) is 12.4 Å². The fraction of sp³-hybridized carbons (Fsp3) is 0.643. The van der Waals surface area contributed by atoms with E-state index >= 15 is 0 Å². The largest absolute Gasteiger partial charge is 0.352 e. The van der Waals surface area contributed by atoms with E-state index < -0.39 is 0 Å². The molecule has 0 bridgehead atoms. The zero-order valence-corrected chi connectivity index (χ0v) is 13.3. The Labute approximate surface area is 122 Å². The molecule has 0 aliphatic rings. The topological polar surface area (TPSA) is 60.1 Å². The summed E-state index contributed by atoms with van der Waals surface area (Å²) < 4.78 is 2.18. The molecule has 1 aromatic rings. The van der Waals surface area contributed by atoms with Gasteiger partial charge in [0.2, 0.25) is 0 Å². The van der Waals surface area contributed by atoms with Crippen LogP contribution in [0.1, 0.15) is 48.6 Å². The summed E-state index contributed by atoms with van der Waals surface area (Å²) in [5.41, 5.74) is 8.46. The predicted molar refractivity (Wildman–Crippen MR) is 82.1 cm³/mol. The normalized spacial score (nSPS) is 12.2. The maximum absolute atomic E-state index is 12.1. The first-order chi connectivity index (χ1) is 8.38. The van der Waals surface area contributed by atoms with Crippen LogP contribution in [0.5, 0.6) is 0 Å². The van der Waals surface area contributed by atoms with Crippen LogP contribution in [-0.2, 0) is 0 Å². The van der Waals surface area contributed by atoms with Gasteiger partial charge >= 0.3 is 0 Å². The van der Waals surface area contributed by atoms with E-state index in [1.807, 2.05) is 26.8 Å². The van der Waals surface area contributed by atoms with Crippen LogP contribution in [0.4, 0.5) is 0 Å². The number of halogens is 1. The molecule has 110 valence electrons. The van der Waals surface area contributed by atoms with Gasteiger partial charge in [-0.1, -0.05) is 6.92 Å². The number of carbonyl (C=O) groups excluding carboxylic acids is 1. The summed E-state index contributed by atoms with van der Waals surface area (Å²) in [5.74, 6) is 0.304. The van der Waals surface area contributed by atoms with E-state index in [9.17, 15) is 4.79 Å². The Hall–Kier alpha value is -1.000. The van der Waals surface area contributed by atoms with Gasteiger partial charge in [0.15, 0.2) is 0 Å². The van der Waals surface area contributed by atoms with Crippen molar-refractivity contribution in [2.75, 3.05) is 13.1 Å². The summed E-state index contributed by atoms with van der Waals surface area (Å²) in [5, 5.41) is 2.94. The van der Waals surface area contributed by atoms with E-state index in [1.165, 1.54) is 0 Å². The highest BCUT2D eigenvalue weighted by Crippen LogP contribution is 2.19. The average molecular weight is 288 g/mol. The molecule has 0 saturated carbocycles. The summed E-state index contributed by atoms with van der Waals surface area (Å²) >= 11 is 0. The molecule has 3 N–H and O–H groups in total. The van der Waals surface area contributed by atoms with E-state index in [-0.39, 0.29) is 18.3 Å². The van der Waals surface area contributed by atoms with Crippen LogP contribution in [0.3, 0.4) is 0 Å². The van der Waals surface area contributed by atoms with E-state index in [0.717, 1.165) is 17.0 Å². The van der Waals surface area contributed by atoms with Gasteiger partial charge in [-0.2, -0.15) is 0 Å². The van der Waals surface area contributed by atoms with E-state index in [1.54, 1.807) is 0 Å². The summed E-state index contributed by atoms with van der Waals surface area (Å²) in [6, 6.07) is 2.33. The number of nitrogens with zero attached hydrogens (tertiary/aromatic N) is 1. The van der Waals surface area contributed by atoms with Crippen molar-refractivity contribution in [1.82, 2.24) is 9.88 Å². The molecule has 4 nitrogen and oxygen atoms in total. The lowest BCUT2D eigenvalue weighted by atomic mass is 10.1. The number of amides is 1. The third kappa shape index (κ3) is 4.25. The molecule has 19 heavy (non-hydrogen) atoms. The SMILES string of the molecule is Cc1cc(C(=O)NCC(C)CN)c(C)n1C(C)C.Cl. The third-order valence-corrected chi connectivity index (χ3v) is 3.26. The van der Waals surface area contributed by atoms with Gasteiger partial charge in [-0.05, 0) is 46.2 Å². The van der Waals surface area contributed by atoms with Gasteiger partial charge in [0, 0.05) is 24.0 Å². The summed E-state index contributed by atoms with van der Waals surface area (Å²) in [7, 11) is 0. The van der Waals surface area contributed by atoms with E-state index in [2.05, 4.69) is 23.7 Å². The third-order valence-electron chi connectivity index (χ3n) is 3.26. The zero-order chi connectivity index (χ0) is 13.9. The molecule has 0 aromatic carbocycles.